The topological polar surface area (TPSA) is 35.2 Å². The van der Waals surface area contributed by atoms with Gasteiger partial charge in [0.1, 0.15) is 0 Å². The Hall–Kier alpha value is -1.80. The van der Waals surface area contributed by atoms with Crippen molar-refractivity contribution >= 4 is 5.69 Å². The number of hydrogen-bond acceptors (Lipinski definition) is 2. The third-order valence-electron chi connectivity index (χ3n) is 3.57. The van der Waals surface area contributed by atoms with E-state index in [0.717, 1.165) is 18.9 Å². The van der Waals surface area contributed by atoms with E-state index >= 15 is 0 Å². The Kier molecular flexibility index (Phi) is 2.80. The minimum absolute atomic E-state index is 0.561. The van der Waals surface area contributed by atoms with Gasteiger partial charge in [-0.25, -0.2) is 0 Å². The van der Waals surface area contributed by atoms with Crippen LogP contribution in [-0.2, 0) is 4.74 Å². The van der Waals surface area contributed by atoms with Gasteiger partial charge in [-0.3, -0.25) is 0 Å². The fourth-order valence-electron chi connectivity index (χ4n) is 2.34. The molecule has 2 heteroatoms. The van der Waals surface area contributed by atoms with Gasteiger partial charge in [0.2, 0.25) is 0 Å². The number of anilines is 1. The van der Waals surface area contributed by atoms with E-state index in [1.54, 1.807) is 0 Å². The minimum Gasteiger partial charge on any atom is -0.399 e. The molecule has 0 atom stereocenters. The normalized spacial score (nSPS) is 15.4. The number of rotatable bonds is 2. The second kappa shape index (κ2) is 4.46. The minimum atomic E-state index is 0.561. The molecule has 0 radical (unpaired) electrons. The first-order valence-corrected chi connectivity index (χ1v) is 6.28. The Morgan fingerprint density at radius 3 is 2.67 bits per heavy atom. The maximum absolute atomic E-state index is 5.88. The van der Waals surface area contributed by atoms with Crippen molar-refractivity contribution in [1.29, 1.82) is 0 Å². The lowest BCUT2D eigenvalue weighted by molar-refractivity contribution is 0.00844. The van der Waals surface area contributed by atoms with Crippen LogP contribution in [-0.4, -0.2) is 13.2 Å². The summed E-state index contributed by atoms with van der Waals surface area (Å²) in [6.45, 7) is 3.81. The zero-order valence-corrected chi connectivity index (χ0v) is 10.5. The highest BCUT2D eigenvalue weighted by atomic mass is 16.5. The molecule has 0 unspecified atom stereocenters. The van der Waals surface area contributed by atoms with Gasteiger partial charge in [-0.2, -0.15) is 0 Å². The van der Waals surface area contributed by atoms with Crippen molar-refractivity contribution in [2.24, 2.45) is 0 Å². The van der Waals surface area contributed by atoms with Gasteiger partial charge in [0.25, 0.3) is 0 Å². The molecule has 2 aromatic rings. The molecule has 3 rings (SSSR count). The zero-order chi connectivity index (χ0) is 12.5. The highest BCUT2D eigenvalue weighted by Gasteiger charge is 2.20. The third-order valence-corrected chi connectivity index (χ3v) is 3.57. The largest absolute Gasteiger partial charge is 0.399 e. The molecule has 0 amide bonds. The van der Waals surface area contributed by atoms with Crippen LogP contribution in [0.4, 0.5) is 5.69 Å². The molecule has 1 heterocycles. The smallest absolute Gasteiger partial charge is 0.0557 e. The Morgan fingerprint density at radius 2 is 1.94 bits per heavy atom. The summed E-state index contributed by atoms with van der Waals surface area (Å²) >= 11 is 0. The number of benzene rings is 2. The summed E-state index contributed by atoms with van der Waals surface area (Å²) in [7, 11) is 0. The number of ether oxygens (including phenoxy) is 1. The summed E-state index contributed by atoms with van der Waals surface area (Å²) in [4.78, 5) is 0. The predicted octanol–water partition coefficient (Wildman–Crippen LogP) is 3.36. The predicted molar refractivity (Wildman–Crippen MR) is 74.6 cm³/mol. The van der Waals surface area contributed by atoms with Crippen molar-refractivity contribution in [2.45, 2.75) is 12.8 Å². The van der Waals surface area contributed by atoms with Crippen LogP contribution in [0, 0.1) is 6.92 Å². The fraction of sp³-hybridized carbons (Fsp3) is 0.250. The lowest BCUT2D eigenvalue weighted by Gasteiger charge is -2.26. The molecule has 1 aliphatic rings. The molecule has 0 spiro atoms. The molecule has 0 bridgehead atoms. The van der Waals surface area contributed by atoms with E-state index in [4.69, 9.17) is 10.5 Å². The van der Waals surface area contributed by atoms with Crippen LogP contribution >= 0.6 is 0 Å². The van der Waals surface area contributed by atoms with E-state index in [2.05, 4.69) is 37.3 Å². The molecule has 2 N–H and O–H groups in total. The van der Waals surface area contributed by atoms with Gasteiger partial charge in [0, 0.05) is 11.6 Å². The maximum atomic E-state index is 5.88. The Bertz CT molecular complexity index is 573. The molecule has 1 fully saturated rings. The van der Waals surface area contributed by atoms with Crippen LogP contribution in [0.15, 0.2) is 42.5 Å². The van der Waals surface area contributed by atoms with Crippen LogP contribution < -0.4 is 5.73 Å². The van der Waals surface area contributed by atoms with E-state index in [1.165, 1.54) is 22.3 Å². The number of nitrogens with two attached hydrogens (primary N) is 1. The summed E-state index contributed by atoms with van der Waals surface area (Å²) in [5.41, 5.74) is 11.8. The van der Waals surface area contributed by atoms with Gasteiger partial charge >= 0.3 is 0 Å². The Morgan fingerprint density at radius 1 is 1.11 bits per heavy atom. The molecule has 0 saturated carbocycles. The number of aryl methyl sites for hydroxylation is 1. The van der Waals surface area contributed by atoms with E-state index in [0.29, 0.717) is 5.92 Å². The zero-order valence-electron chi connectivity index (χ0n) is 10.5. The summed E-state index contributed by atoms with van der Waals surface area (Å²) in [6, 6.07) is 14.8. The molecule has 92 valence electrons. The van der Waals surface area contributed by atoms with Crippen molar-refractivity contribution in [1.82, 2.24) is 0 Å². The molecule has 0 aromatic heterocycles. The molecular weight excluding hydrogens is 222 g/mol. The molecule has 0 aliphatic carbocycles. The maximum Gasteiger partial charge on any atom is 0.0557 e. The first kappa shape index (κ1) is 11.3. The number of hydrogen-bond donors (Lipinski definition) is 1. The molecule has 1 aliphatic heterocycles. The van der Waals surface area contributed by atoms with Crippen LogP contribution in [0.2, 0.25) is 0 Å². The lowest BCUT2D eigenvalue weighted by Crippen LogP contribution is -2.24. The average Bonchev–Trinajstić information content (AvgIpc) is 2.30. The average molecular weight is 239 g/mol. The van der Waals surface area contributed by atoms with E-state index in [9.17, 15) is 0 Å². The quantitative estimate of drug-likeness (QED) is 0.816. The van der Waals surface area contributed by atoms with Crippen molar-refractivity contribution in [3.8, 4) is 11.1 Å². The SMILES string of the molecule is Cc1ccc(N)cc1-c1cccc(C2COC2)c1. The van der Waals surface area contributed by atoms with Gasteiger partial charge in [-0.05, 0) is 41.3 Å². The van der Waals surface area contributed by atoms with E-state index in [1.807, 2.05) is 12.1 Å². The molecule has 2 aromatic carbocycles. The summed E-state index contributed by atoms with van der Waals surface area (Å²) in [5.74, 6) is 0.561. The van der Waals surface area contributed by atoms with Gasteiger partial charge in [0.15, 0.2) is 0 Å². The molecular formula is C16H17NO. The van der Waals surface area contributed by atoms with Crippen molar-refractivity contribution in [3.63, 3.8) is 0 Å². The van der Waals surface area contributed by atoms with Crippen molar-refractivity contribution in [2.75, 3.05) is 18.9 Å². The monoisotopic (exact) mass is 239 g/mol. The standard InChI is InChI=1S/C16H17NO/c1-11-5-6-15(17)8-16(11)13-4-2-3-12(7-13)14-9-18-10-14/h2-8,14H,9-10,17H2,1H3. The van der Waals surface area contributed by atoms with Gasteiger partial charge in [-0.15, -0.1) is 0 Å². The van der Waals surface area contributed by atoms with Gasteiger partial charge < -0.3 is 10.5 Å². The van der Waals surface area contributed by atoms with Crippen molar-refractivity contribution < 1.29 is 4.74 Å². The van der Waals surface area contributed by atoms with Crippen LogP contribution in [0.25, 0.3) is 11.1 Å². The Labute approximate surface area is 107 Å². The summed E-state index contributed by atoms with van der Waals surface area (Å²) in [5, 5.41) is 0. The third kappa shape index (κ3) is 2.00. The summed E-state index contributed by atoms with van der Waals surface area (Å²) < 4.78 is 5.26. The molecule has 1 saturated heterocycles. The Balaban J connectivity index is 2.02. The first-order valence-electron chi connectivity index (χ1n) is 6.28. The fourth-order valence-corrected chi connectivity index (χ4v) is 2.34. The van der Waals surface area contributed by atoms with E-state index < -0.39 is 0 Å². The first-order chi connectivity index (χ1) is 8.74. The van der Waals surface area contributed by atoms with Crippen LogP contribution in [0.5, 0.6) is 0 Å². The highest BCUT2D eigenvalue weighted by molar-refractivity contribution is 5.71. The van der Waals surface area contributed by atoms with Gasteiger partial charge in [0.05, 0.1) is 13.2 Å². The second-order valence-corrected chi connectivity index (χ2v) is 4.93. The van der Waals surface area contributed by atoms with Crippen LogP contribution in [0.1, 0.15) is 17.0 Å². The molecule has 2 nitrogen and oxygen atoms in total. The summed E-state index contributed by atoms with van der Waals surface area (Å²) in [6.07, 6.45) is 0. The number of nitrogen functional groups attached to an aromatic ring is 1. The van der Waals surface area contributed by atoms with Gasteiger partial charge in [-0.1, -0.05) is 30.3 Å². The highest BCUT2D eigenvalue weighted by Crippen LogP contribution is 2.30. The van der Waals surface area contributed by atoms with Crippen LogP contribution in [0.3, 0.4) is 0 Å². The molecule has 18 heavy (non-hydrogen) atoms. The van der Waals surface area contributed by atoms with Crippen molar-refractivity contribution in [3.05, 3.63) is 53.6 Å². The lowest BCUT2D eigenvalue weighted by atomic mass is 9.92. The van der Waals surface area contributed by atoms with E-state index in [-0.39, 0.29) is 0 Å². The second-order valence-electron chi connectivity index (χ2n) is 4.93.